The number of pyridine rings is 1. The van der Waals surface area contributed by atoms with E-state index in [1.165, 1.54) is 4.90 Å². The number of hydrogen-bond donors (Lipinski definition) is 0. The molecule has 0 aliphatic carbocycles. The molecular formula is C20H22N2O2S. The van der Waals surface area contributed by atoms with Gasteiger partial charge in [0.2, 0.25) is 0 Å². The Labute approximate surface area is 152 Å². The van der Waals surface area contributed by atoms with Crippen LogP contribution in [-0.2, 0) is 0 Å². The highest BCUT2D eigenvalue weighted by Gasteiger charge is 2.44. The molecule has 25 heavy (non-hydrogen) atoms. The number of carbonyl (C=O) groups is 1. The van der Waals surface area contributed by atoms with Crippen LogP contribution in [0.25, 0.3) is 0 Å². The van der Waals surface area contributed by atoms with Crippen LogP contribution >= 0.6 is 11.8 Å². The SMILES string of the molecule is CSc1ccc(C(=O)N2[C@H]3CC[C@H]2CC(Oc2cccnc2)C3)cc1. The molecule has 1 amide bonds. The van der Waals surface area contributed by atoms with Gasteiger partial charge < -0.3 is 9.64 Å². The maximum Gasteiger partial charge on any atom is 0.254 e. The second kappa shape index (κ2) is 7.08. The molecule has 5 heteroatoms. The first-order valence-electron chi connectivity index (χ1n) is 8.78. The third-order valence-corrected chi connectivity index (χ3v) is 5.94. The van der Waals surface area contributed by atoms with Gasteiger partial charge in [0.1, 0.15) is 11.9 Å². The van der Waals surface area contributed by atoms with E-state index in [-0.39, 0.29) is 24.1 Å². The van der Waals surface area contributed by atoms with E-state index in [0.717, 1.165) is 37.0 Å². The summed E-state index contributed by atoms with van der Waals surface area (Å²) >= 11 is 1.69. The summed E-state index contributed by atoms with van der Waals surface area (Å²) in [7, 11) is 0. The Bertz CT molecular complexity index is 721. The summed E-state index contributed by atoms with van der Waals surface area (Å²) in [5.41, 5.74) is 0.793. The molecule has 1 aromatic heterocycles. The lowest BCUT2D eigenvalue weighted by Gasteiger charge is -2.39. The number of fused-ring (bicyclic) bond motifs is 2. The van der Waals surface area contributed by atoms with Gasteiger partial charge in [0.15, 0.2) is 0 Å². The first-order valence-corrected chi connectivity index (χ1v) is 10.0. The van der Waals surface area contributed by atoms with Gasteiger partial charge in [-0.2, -0.15) is 0 Å². The quantitative estimate of drug-likeness (QED) is 0.778. The highest BCUT2D eigenvalue weighted by molar-refractivity contribution is 7.98. The van der Waals surface area contributed by atoms with Gasteiger partial charge in [-0.1, -0.05) is 0 Å². The zero-order chi connectivity index (χ0) is 17.2. The van der Waals surface area contributed by atoms with Crippen LogP contribution in [-0.4, -0.2) is 40.2 Å². The van der Waals surface area contributed by atoms with Gasteiger partial charge in [0.05, 0.1) is 6.20 Å². The van der Waals surface area contributed by atoms with Crippen molar-refractivity contribution in [2.45, 2.75) is 48.8 Å². The summed E-state index contributed by atoms with van der Waals surface area (Å²) in [5, 5.41) is 0. The van der Waals surface area contributed by atoms with Gasteiger partial charge in [-0.05, 0) is 55.5 Å². The molecule has 0 spiro atoms. The zero-order valence-electron chi connectivity index (χ0n) is 14.3. The topological polar surface area (TPSA) is 42.4 Å². The molecule has 2 atom stereocenters. The van der Waals surface area contributed by atoms with Gasteiger partial charge in [-0.25, -0.2) is 0 Å². The van der Waals surface area contributed by atoms with Crippen molar-refractivity contribution >= 4 is 17.7 Å². The largest absolute Gasteiger partial charge is 0.489 e. The fraction of sp³-hybridized carbons (Fsp3) is 0.400. The molecule has 0 unspecified atom stereocenters. The van der Waals surface area contributed by atoms with Crippen molar-refractivity contribution in [3.05, 3.63) is 54.4 Å². The van der Waals surface area contributed by atoms with E-state index in [2.05, 4.69) is 9.88 Å². The van der Waals surface area contributed by atoms with E-state index < -0.39 is 0 Å². The monoisotopic (exact) mass is 354 g/mol. The van der Waals surface area contributed by atoms with Crippen LogP contribution in [0.5, 0.6) is 5.75 Å². The lowest BCUT2D eigenvalue weighted by molar-refractivity contribution is 0.0358. The molecule has 4 nitrogen and oxygen atoms in total. The van der Waals surface area contributed by atoms with E-state index >= 15 is 0 Å². The Balaban J connectivity index is 1.45. The van der Waals surface area contributed by atoms with Crippen molar-refractivity contribution in [2.75, 3.05) is 6.26 Å². The van der Waals surface area contributed by atoms with Crippen LogP contribution in [0.3, 0.4) is 0 Å². The van der Waals surface area contributed by atoms with Crippen molar-refractivity contribution in [1.29, 1.82) is 0 Å². The molecule has 0 saturated carbocycles. The van der Waals surface area contributed by atoms with E-state index in [1.54, 1.807) is 24.2 Å². The minimum atomic E-state index is 0.167. The molecular weight excluding hydrogens is 332 g/mol. The maximum atomic E-state index is 13.0. The summed E-state index contributed by atoms with van der Waals surface area (Å²) in [6.07, 6.45) is 9.68. The zero-order valence-corrected chi connectivity index (χ0v) is 15.1. The maximum absolute atomic E-state index is 13.0. The third kappa shape index (κ3) is 3.38. The minimum Gasteiger partial charge on any atom is -0.489 e. The van der Waals surface area contributed by atoms with Crippen LogP contribution < -0.4 is 4.74 Å². The molecule has 0 radical (unpaired) electrons. The number of hydrogen-bond acceptors (Lipinski definition) is 4. The average molecular weight is 354 g/mol. The van der Waals surface area contributed by atoms with E-state index in [0.29, 0.717) is 0 Å². The standard InChI is InChI=1S/C20H22N2O2S/c1-25-19-8-4-14(5-9-19)20(23)22-15-6-7-16(22)12-18(11-15)24-17-3-2-10-21-13-17/h2-5,8-10,13,15-16,18H,6-7,11-12H2,1H3/t15-,16-/m0/s1. The van der Waals surface area contributed by atoms with Crippen LogP contribution in [0.1, 0.15) is 36.0 Å². The van der Waals surface area contributed by atoms with Gasteiger partial charge in [-0.15, -0.1) is 11.8 Å². The molecule has 130 valence electrons. The Morgan fingerprint density at radius 2 is 1.88 bits per heavy atom. The number of nitrogens with zero attached hydrogens (tertiary/aromatic N) is 2. The first kappa shape index (κ1) is 16.5. The molecule has 2 saturated heterocycles. The Hall–Kier alpha value is -2.01. The molecule has 4 rings (SSSR count). The number of piperidine rings is 1. The number of benzene rings is 1. The predicted octanol–water partition coefficient (Wildman–Crippen LogP) is 4.02. The lowest BCUT2D eigenvalue weighted by Crippen LogP contribution is -2.49. The van der Waals surface area contributed by atoms with Gasteiger partial charge in [-0.3, -0.25) is 9.78 Å². The van der Waals surface area contributed by atoms with E-state index in [9.17, 15) is 4.79 Å². The molecule has 0 N–H and O–H groups in total. The summed E-state index contributed by atoms with van der Waals surface area (Å²) in [6.45, 7) is 0. The van der Waals surface area contributed by atoms with Gasteiger partial charge in [0.25, 0.3) is 5.91 Å². The summed E-state index contributed by atoms with van der Waals surface area (Å²) in [4.78, 5) is 20.4. The van der Waals surface area contributed by atoms with Crippen molar-refractivity contribution in [3.63, 3.8) is 0 Å². The molecule has 3 heterocycles. The van der Waals surface area contributed by atoms with Crippen molar-refractivity contribution < 1.29 is 9.53 Å². The minimum absolute atomic E-state index is 0.167. The molecule has 2 aliphatic heterocycles. The fourth-order valence-corrected chi connectivity index (χ4v) is 4.46. The van der Waals surface area contributed by atoms with E-state index in [4.69, 9.17) is 4.74 Å². The summed E-state index contributed by atoms with van der Waals surface area (Å²) < 4.78 is 6.10. The number of thioether (sulfide) groups is 1. The van der Waals surface area contributed by atoms with Gasteiger partial charge >= 0.3 is 0 Å². The molecule has 2 aliphatic rings. The van der Waals surface area contributed by atoms with Crippen molar-refractivity contribution in [2.24, 2.45) is 0 Å². The summed E-state index contributed by atoms with van der Waals surface area (Å²) in [5.74, 6) is 0.985. The van der Waals surface area contributed by atoms with Crippen molar-refractivity contribution in [3.8, 4) is 5.75 Å². The van der Waals surface area contributed by atoms with E-state index in [1.807, 2.05) is 42.7 Å². The highest BCUT2D eigenvalue weighted by Crippen LogP contribution is 2.38. The molecule has 2 aromatic rings. The second-order valence-electron chi connectivity index (χ2n) is 6.73. The third-order valence-electron chi connectivity index (χ3n) is 5.20. The first-order chi connectivity index (χ1) is 12.2. The van der Waals surface area contributed by atoms with Gasteiger partial charge in [0, 0.05) is 41.6 Å². The number of carbonyl (C=O) groups excluding carboxylic acids is 1. The summed E-state index contributed by atoms with van der Waals surface area (Å²) in [6, 6.07) is 12.4. The Morgan fingerprint density at radius 1 is 1.16 bits per heavy atom. The normalized spacial score (nSPS) is 25.0. The van der Waals surface area contributed by atoms with Crippen LogP contribution in [0.4, 0.5) is 0 Å². The molecule has 2 bridgehead atoms. The van der Waals surface area contributed by atoms with Crippen molar-refractivity contribution in [1.82, 2.24) is 9.88 Å². The predicted molar refractivity (Wildman–Crippen MR) is 99.1 cm³/mol. The average Bonchev–Trinajstić information content (AvgIpc) is 2.92. The Morgan fingerprint density at radius 3 is 2.48 bits per heavy atom. The lowest BCUT2D eigenvalue weighted by atomic mass is 9.98. The molecule has 1 aromatic carbocycles. The second-order valence-corrected chi connectivity index (χ2v) is 7.61. The number of aromatic nitrogens is 1. The molecule has 2 fully saturated rings. The number of rotatable bonds is 4. The smallest absolute Gasteiger partial charge is 0.254 e. The Kier molecular flexibility index (Phi) is 4.66. The number of ether oxygens (including phenoxy) is 1. The highest BCUT2D eigenvalue weighted by atomic mass is 32.2. The van der Waals surface area contributed by atoms with Crippen LogP contribution in [0, 0.1) is 0 Å². The van der Waals surface area contributed by atoms with Crippen LogP contribution in [0.15, 0.2) is 53.7 Å². The fourth-order valence-electron chi connectivity index (χ4n) is 4.05. The van der Waals surface area contributed by atoms with Crippen LogP contribution in [0.2, 0.25) is 0 Å². The number of amides is 1.